The highest BCUT2D eigenvalue weighted by atomic mass is 127. The number of hydrogen-bond acceptors (Lipinski definition) is 0. The fourth-order valence-corrected chi connectivity index (χ4v) is 0.696. The third kappa shape index (κ3) is 4.37. The summed E-state index contributed by atoms with van der Waals surface area (Å²) in [7, 11) is 0. The normalized spacial score (nSPS) is 11.5. The predicted molar refractivity (Wildman–Crippen MR) is 47.2 cm³/mol. The molecule has 0 aromatic rings. The molecule has 0 N–H and O–H groups in total. The van der Waals surface area contributed by atoms with Crippen LogP contribution in [0.15, 0.2) is 22.3 Å². The van der Waals surface area contributed by atoms with Crippen LogP contribution >= 0.6 is 22.6 Å². The van der Waals surface area contributed by atoms with E-state index >= 15 is 0 Å². The van der Waals surface area contributed by atoms with Gasteiger partial charge in [0.1, 0.15) is 0 Å². The van der Waals surface area contributed by atoms with E-state index in [4.69, 9.17) is 0 Å². The van der Waals surface area contributed by atoms with Crippen molar-refractivity contribution in [2.75, 3.05) is 0 Å². The number of rotatable bonds is 3. The van der Waals surface area contributed by atoms with Crippen molar-refractivity contribution in [3.63, 3.8) is 0 Å². The molecule has 0 aliphatic rings. The van der Waals surface area contributed by atoms with E-state index in [1.165, 1.54) is 5.57 Å². The molecule has 0 spiro atoms. The molecule has 0 aromatic heterocycles. The molecule has 0 saturated heterocycles. The average Bonchev–Trinajstić information content (AvgIpc) is 1.83. The maximum Gasteiger partial charge on any atom is -0.0244 e. The highest BCUT2D eigenvalue weighted by molar-refractivity contribution is 14.1. The van der Waals surface area contributed by atoms with Gasteiger partial charge in [0.15, 0.2) is 0 Å². The van der Waals surface area contributed by atoms with Crippen LogP contribution in [0.4, 0.5) is 0 Å². The predicted octanol–water partition coefficient (Wildman–Crippen LogP) is 3.29. The van der Waals surface area contributed by atoms with Gasteiger partial charge in [-0.25, -0.2) is 0 Å². The second-order valence-corrected chi connectivity index (χ2v) is 2.41. The minimum absolute atomic E-state index is 1.10. The van der Waals surface area contributed by atoms with Crippen LogP contribution in [-0.2, 0) is 0 Å². The van der Waals surface area contributed by atoms with Gasteiger partial charge >= 0.3 is 0 Å². The molecule has 0 unspecified atom stereocenters. The lowest BCUT2D eigenvalue weighted by Gasteiger charge is -1.91. The van der Waals surface area contributed by atoms with Crippen LogP contribution in [0.1, 0.15) is 19.8 Å². The zero-order chi connectivity index (χ0) is 6.41. The summed E-state index contributed by atoms with van der Waals surface area (Å²) >= 11 is 2.26. The van der Waals surface area contributed by atoms with Crippen LogP contribution in [-0.4, -0.2) is 0 Å². The van der Waals surface area contributed by atoms with Gasteiger partial charge in [0, 0.05) is 0 Å². The second-order valence-electron chi connectivity index (χ2n) is 1.78. The standard InChI is InChI=1S/C7H11I/c1-3-4-5-7(2)6-8/h3,6H,1,4-5H2,2H3. The lowest BCUT2D eigenvalue weighted by Crippen LogP contribution is -1.70. The maximum atomic E-state index is 3.64. The van der Waals surface area contributed by atoms with Gasteiger partial charge in [-0.15, -0.1) is 6.58 Å². The van der Waals surface area contributed by atoms with Gasteiger partial charge in [-0.3, -0.25) is 0 Å². The van der Waals surface area contributed by atoms with Crippen molar-refractivity contribution in [3.8, 4) is 0 Å². The first-order valence-corrected chi connectivity index (χ1v) is 3.92. The van der Waals surface area contributed by atoms with E-state index in [-0.39, 0.29) is 0 Å². The molecule has 0 atom stereocenters. The number of allylic oxidation sites excluding steroid dienone is 2. The minimum Gasteiger partial charge on any atom is -0.103 e. The minimum atomic E-state index is 1.10. The van der Waals surface area contributed by atoms with Crippen molar-refractivity contribution in [1.29, 1.82) is 0 Å². The number of halogens is 1. The van der Waals surface area contributed by atoms with Crippen LogP contribution in [0.3, 0.4) is 0 Å². The molecule has 1 heteroatoms. The molecule has 0 nitrogen and oxygen atoms in total. The van der Waals surface area contributed by atoms with E-state index < -0.39 is 0 Å². The molecule has 0 fully saturated rings. The van der Waals surface area contributed by atoms with Gasteiger partial charge in [-0.05, 0) is 23.8 Å². The SMILES string of the molecule is C=CCCC(C)=CI. The Balaban J connectivity index is 3.24. The highest BCUT2D eigenvalue weighted by Crippen LogP contribution is 2.05. The Hall–Kier alpha value is 0.210. The summed E-state index contributed by atoms with van der Waals surface area (Å²) in [6.45, 7) is 5.77. The van der Waals surface area contributed by atoms with Crippen molar-refractivity contribution >= 4 is 22.6 Å². The van der Waals surface area contributed by atoms with Crippen molar-refractivity contribution in [2.45, 2.75) is 19.8 Å². The molecule has 0 saturated carbocycles. The molecule has 0 heterocycles. The van der Waals surface area contributed by atoms with Gasteiger partial charge in [-0.2, -0.15) is 0 Å². The van der Waals surface area contributed by atoms with Crippen LogP contribution in [0.5, 0.6) is 0 Å². The molecule has 0 rings (SSSR count). The molecule has 0 bridgehead atoms. The quantitative estimate of drug-likeness (QED) is 0.507. The average molecular weight is 222 g/mol. The van der Waals surface area contributed by atoms with Crippen molar-refractivity contribution < 1.29 is 0 Å². The summed E-state index contributed by atoms with van der Waals surface area (Å²) < 4.78 is 2.11. The molecular formula is C7H11I. The van der Waals surface area contributed by atoms with Crippen molar-refractivity contribution in [2.24, 2.45) is 0 Å². The van der Waals surface area contributed by atoms with Crippen LogP contribution in [0, 0.1) is 0 Å². The third-order valence-electron chi connectivity index (χ3n) is 0.929. The Morgan fingerprint density at radius 2 is 2.38 bits per heavy atom. The van der Waals surface area contributed by atoms with Crippen LogP contribution in [0.2, 0.25) is 0 Å². The van der Waals surface area contributed by atoms with Crippen molar-refractivity contribution in [3.05, 3.63) is 22.3 Å². The maximum absolute atomic E-state index is 3.64. The topological polar surface area (TPSA) is 0 Å². The lowest BCUT2D eigenvalue weighted by atomic mass is 10.2. The fourth-order valence-electron chi connectivity index (χ4n) is 0.384. The molecule has 8 heavy (non-hydrogen) atoms. The Bertz CT molecular complexity index is 92.6. The van der Waals surface area contributed by atoms with Crippen LogP contribution in [0.25, 0.3) is 0 Å². The first-order chi connectivity index (χ1) is 3.81. The smallest absolute Gasteiger partial charge is 0.0244 e. The summed E-state index contributed by atoms with van der Waals surface area (Å²) in [5.74, 6) is 0. The molecule has 0 aliphatic heterocycles. The van der Waals surface area contributed by atoms with Gasteiger partial charge < -0.3 is 0 Å². The first kappa shape index (κ1) is 8.21. The molecule has 46 valence electrons. The van der Waals surface area contributed by atoms with Crippen molar-refractivity contribution in [1.82, 2.24) is 0 Å². The summed E-state index contributed by atoms with van der Waals surface area (Å²) in [5.41, 5.74) is 1.44. The zero-order valence-corrected chi connectivity index (χ0v) is 7.31. The zero-order valence-electron chi connectivity index (χ0n) is 5.15. The van der Waals surface area contributed by atoms with Crippen LogP contribution < -0.4 is 0 Å². The molecular weight excluding hydrogens is 211 g/mol. The summed E-state index contributed by atoms with van der Waals surface area (Å²) in [5, 5.41) is 0. The third-order valence-corrected chi connectivity index (χ3v) is 1.99. The number of hydrogen-bond donors (Lipinski definition) is 0. The van der Waals surface area contributed by atoms with E-state index in [2.05, 4.69) is 40.2 Å². The molecule has 0 radical (unpaired) electrons. The van der Waals surface area contributed by atoms with E-state index in [1.807, 2.05) is 6.08 Å². The molecule has 0 aromatic carbocycles. The molecule has 0 amide bonds. The molecule has 0 aliphatic carbocycles. The Morgan fingerprint density at radius 1 is 1.75 bits per heavy atom. The Labute approximate surface area is 64.8 Å². The summed E-state index contributed by atoms with van der Waals surface area (Å²) in [6, 6.07) is 0. The summed E-state index contributed by atoms with van der Waals surface area (Å²) in [4.78, 5) is 0. The van der Waals surface area contributed by atoms with E-state index in [0.717, 1.165) is 12.8 Å². The highest BCUT2D eigenvalue weighted by Gasteiger charge is 1.82. The fraction of sp³-hybridized carbons (Fsp3) is 0.429. The first-order valence-electron chi connectivity index (χ1n) is 2.68. The van der Waals surface area contributed by atoms with E-state index in [9.17, 15) is 0 Å². The van der Waals surface area contributed by atoms with Gasteiger partial charge in [0.05, 0.1) is 0 Å². The van der Waals surface area contributed by atoms with Gasteiger partial charge in [-0.1, -0.05) is 34.2 Å². The Kier molecular flexibility index (Phi) is 5.49. The van der Waals surface area contributed by atoms with E-state index in [1.54, 1.807) is 0 Å². The largest absolute Gasteiger partial charge is 0.103 e. The Morgan fingerprint density at radius 3 is 2.75 bits per heavy atom. The summed E-state index contributed by atoms with van der Waals surface area (Å²) in [6.07, 6.45) is 4.21. The lowest BCUT2D eigenvalue weighted by molar-refractivity contribution is 0.985. The second kappa shape index (κ2) is 5.35. The van der Waals surface area contributed by atoms with E-state index in [0.29, 0.717) is 0 Å². The monoisotopic (exact) mass is 222 g/mol. The van der Waals surface area contributed by atoms with Gasteiger partial charge in [0.25, 0.3) is 0 Å². The van der Waals surface area contributed by atoms with Gasteiger partial charge in [0.2, 0.25) is 0 Å².